The lowest BCUT2D eigenvalue weighted by molar-refractivity contribution is 0.103. The predicted octanol–water partition coefficient (Wildman–Crippen LogP) is 0.970. The van der Waals surface area contributed by atoms with Crippen LogP contribution in [0.1, 0.15) is 16.2 Å². The molecule has 1 aliphatic rings. The highest BCUT2D eigenvalue weighted by molar-refractivity contribution is 6.04. The van der Waals surface area contributed by atoms with Crippen LogP contribution in [0, 0.1) is 0 Å². The molecule has 50 valence electrons. The molecule has 0 radical (unpaired) electrons. The zero-order chi connectivity index (χ0) is 6.97. The van der Waals surface area contributed by atoms with Crippen LogP contribution < -0.4 is 0 Å². The van der Waals surface area contributed by atoms with Gasteiger partial charge in [-0.3, -0.25) is 4.79 Å². The molecule has 1 heterocycles. The lowest BCUT2D eigenvalue weighted by atomic mass is 10.1. The number of carbonyl (C=O) groups is 1. The van der Waals surface area contributed by atoms with E-state index in [1.165, 1.54) is 12.5 Å². The highest BCUT2D eigenvalue weighted by Crippen LogP contribution is 2.13. The van der Waals surface area contributed by atoms with Gasteiger partial charge in [0.15, 0.2) is 12.1 Å². The Morgan fingerprint density at radius 2 is 2.50 bits per heavy atom. The number of allylic oxidation sites excluding steroid dienone is 2. The van der Waals surface area contributed by atoms with Gasteiger partial charge in [-0.15, -0.1) is 0 Å². The predicted molar refractivity (Wildman–Crippen MR) is 33.7 cm³/mol. The first-order valence-corrected chi connectivity index (χ1v) is 3.01. The molecule has 1 aromatic heterocycles. The summed E-state index contributed by atoms with van der Waals surface area (Å²) < 4.78 is 4.94. The van der Waals surface area contributed by atoms with Crippen molar-refractivity contribution in [2.24, 2.45) is 0 Å². The van der Waals surface area contributed by atoms with E-state index in [0.717, 1.165) is 0 Å². The standard InChI is InChI=1S/C7H5NO2/c9-5-2-1-3-6-7(5)8-4-10-6/h1-2,4H,3H2. The second kappa shape index (κ2) is 1.80. The number of carbonyl (C=O) groups excluding carboxylic acids is 1. The number of fused-ring (bicyclic) bond motifs is 1. The summed E-state index contributed by atoms with van der Waals surface area (Å²) in [5.41, 5.74) is 0.461. The van der Waals surface area contributed by atoms with Crippen molar-refractivity contribution in [1.29, 1.82) is 0 Å². The van der Waals surface area contributed by atoms with Crippen molar-refractivity contribution in [3.05, 3.63) is 30.0 Å². The van der Waals surface area contributed by atoms with E-state index in [1.807, 2.05) is 0 Å². The lowest BCUT2D eigenvalue weighted by Gasteiger charge is -1.97. The van der Waals surface area contributed by atoms with Crippen LogP contribution in [0.4, 0.5) is 0 Å². The van der Waals surface area contributed by atoms with Gasteiger partial charge in [-0.05, 0) is 6.08 Å². The summed E-state index contributed by atoms with van der Waals surface area (Å²) in [7, 11) is 0. The largest absolute Gasteiger partial charge is 0.447 e. The number of ketones is 1. The molecule has 3 nitrogen and oxygen atoms in total. The van der Waals surface area contributed by atoms with Gasteiger partial charge in [-0.2, -0.15) is 0 Å². The Hall–Kier alpha value is -1.38. The third-order valence-electron chi connectivity index (χ3n) is 1.45. The van der Waals surface area contributed by atoms with Gasteiger partial charge in [0.2, 0.25) is 5.78 Å². The van der Waals surface area contributed by atoms with Crippen molar-refractivity contribution in [2.75, 3.05) is 0 Å². The Morgan fingerprint density at radius 1 is 1.60 bits per heavy atom. The summed E-state index contributed by atoms with van der Waals surface area (Å²) in [6.45, 7) is 0. The molecule has 0 aromatic carbocycles. The Labute approximate surface area is 57.4 Å². The summed E-state index contributed by atoms with van der Waals surface area (Å²) >= 11 is 0. The van der Waals surface area contributed by atoms with Crippen molar-refractivity contribution in [2.45, 2.75) is 6.42 Å². The van der Waals surface area contributed by atoms with Crippen LogP contribution in [0.15, 0.2) is 23.0 Å². The summed E-state index contributed by atoms with van der Waals surface area (Å²) in [5.74, 6) is 0.613. The highest BCUT2D eigenvalue weighted by Gasteiger charge is 2.16. The molecule has 0 aliphatic heterocycles. The van der Waals surface area contributed by atoms with Crippen molar-refractivity contribution >= 4 is 5.78 Å². The highest BCUT2D eigenvalue weighted by atomic mass is 16.3. The fraction of sp³-hybridized carbons (Fsp3) is 0.143. The summed E-state index contributed by atoms with van der Waals surface area (Å²) in [6, 6.07) is 0. The molecular weight excluding hydrogens is 130 g/mol. The lowest BCUT2D eigenvalue weighted by Crippen LogP contribution is -2.03. The molecule has 3 heteroatoms. The van der Waals surface area contributed by atoms with Crippen LogP contribution >= 0.6 is 0 Å². The van der Waals surface area contributed by atoms with Crippen molar-refractivity contribution < 1.29 is 9.21 Å². The third kappa shape index (κ3) is 0.603. The molecular formula is C7H5NO2. The minimum Gasteiger partial charge on any atom is -0.447 e. The smallest absolute Gasteiger partial charge is 0.207 e. The van der Waals surface area contributed by atoms with E-state index >= 15 is 0 Å². The molecule has 1 aliphatic carbocycles. The number of aromatic nitrogens is 1. The molecule has 2 rings (SSSR count). The zero-order valence-electron chi connectivity index (χ0n) is 5.20. The monoisotopic (exact) mass is 135 g/mol. The van der Waals surface area contributed by atoms with E-state index in [1.54, 1.807) is 6.08 Å². The second-order valence-electron chi connectivity index (χ2n) is 2.09. The van der Waals surface area contributed by atoms with Gasteiger partial charge in [0.25, 0.3) is 0 Å². The molecule has 10 heavy (non-hydrogen) atoms. The Morgan fingerprint density at radius 3 is 3.30 bits per heavy atom. The summed E-state index contributed by atoms with van der Waals surface area (Å²) in [6.07, 6.45) is 5.28. The maximum atomic E-state index is 10.9. The number of rotatable bonds is 0. The quantitative estimate of drug-likeness (QED) is 0.532. The maximum absolute atomic E-state index is 10.9. The summed E-state index contributed by atoms with van der Waals surface area (Å²) in [5, 5.41) is 0. The Bertz CT molecular complexity index is 298. The maximum Gasteiger partial charge on any atom is 0.207 e. The SMILES string of the molecule is O=C1C=CCc2ocnc21. The molecule has 0 spiro atoms. The van der Waals surface area contributed by atoms with Gasteiger partial charge in [0.1, 0.15) is 5.76 Å². The summed E-state index contributed by atoms with van der Waals surface area (Å²) in [4.78, 5) is 14.7. The van der Waals surface area contributed by atoms with E-state index in [9.17, 15) is 4.79 Å². The molecule has 0 atom stereocenters. The molecule has 0 bridgehead atoms. The zero-order valence-corrected chi connectivity index (χ0v) is 5.20. The number of hydrogen-bond acceptors (Lipinski definition) is 3. The van der Waals surface area contributed by atoms with Gasteiger partial charge in [0, 0.05) is 6.42 Å². The van der Waals surface area contributed by atoms with Gasteiger partial charge in [0.05, 0.1) is 0 Å². The fourth-order valence-corrected chi connectivity index (χ4v) is 0.968. The van der Waals surface area contributed by atoms with Gasteiger partial charge < -0.3 is 4.42 Å². The van der Waals surface area contributed by atoms with Crippen LogP contribution in [-0.2, 0) is 6.42 Å². The Kier molecular flexibility index (Phi) is 0.974. The Balaban J connectivity index is 2.58. The number of hydrogen-bond donors (Lipinski definition) is 0. The topological polar surface area (TPSA) is 43.1 Å². The first-order valence-electron chi connectivity index (χ1n) is 3.01. The van der Waals surface area contributed by atoms with Crippen LogP contribution in [0.2, 0.25) is 0 Å². The fourth-order valence-electron chi connectivity index (χ4n) is 0.968. The molecule has 0 saturated heterocycles. The molecule has 0 unspecified atom stereocenters. The van der Waals surface area contributed by atoms with Crippen molar-refractivity contribution in [3.8, 4) is 0 Å². The second-order valence-corrected chi connectivity index (χ2v) is 2.09. The van der Waals surface area contributed by atoms with Gasteiger partial charge >= 0.3 is 0 Å². The van der Waals surface area contributed by atoms with Crippen LogP contribution in [0.5, 0.6) is 0 Å². The number of nitrogens with zero attached hydrogens (tertiary/aromatic N) is 1. The third-order valence-corrected chi connectivity index (χ3v) is 1.45. The van der Waals surface area contributed by atoms with E-state index in [0.29, 0.717) is 17.9 Å². The van der Waals surface area contributed by atoms with Crippen molar-refractivity contribution in [3.63, 3.8) is 0 Å². The van der Waals surface area contributed by atoms with Gasteiger partial charge in [-0.1, -0.05) is 6.08 Å². The molecule has 0 fully saturated rings. The van der Waals surface area contributed by atoms with E-state index in [4.69, 9.17) is 4.42 Å². The van der Waals surface area contributed by atoms with Crippen LogP contribution in [-0.4, -0.2) is 10.8 Å². The normalized spacial score (nSPS) is 15.4. The average molecular weight is 135 g/mol. The van der Waals surface area contributed by atoms with Crippen LogP contribution in [0.3, 0.4) is 0 Å². The van der Waals surface area contributed by atoms with Crippen LogP contribution in [0.25, 0.3) is 0 Å². The molecule has 0 saturated carbocycles. The minimum absolute atomic E-state index is 0.0602. The molecule has 1 aromatic rings. The van der Waals surface area contributed by atoms with E-state index < -0.39 is 0 Å². The van der Waals surface area contributed by atoms with Gasteiger partial charge in [-0.25, -0.2) is 4.98 Å². The number of oxazole rings is 1. The first kappa shape index (κ1) is 5.41. The molecule has 0 N–H and O–H groups in total. The average Bonchev–Trinajstić information content (AvgIpc) is 2.36. The van der Waals surface area contributed by atoms with E-state index in [-0.39, 0.29) is 5.78 Å². The molecule has 0 amide bonds. The minimum atomic E-state index is -0.0602. The van der Waals surface area contributed by atoms with Crippen molar-refractivity contribution in [1.82, 2.24) is 4.98 Å². The first-order chi connectivity index (χ1) is 4.88. The van der Waals surface area contributed by atoms with E-state index in [2.05, 4.69) is 4.98 Å².